The molecule has 4 heterocycles. The third kappa shape index (κ3) is 4.64. The molecule has 3 N–H and O–H groups in total. The Bertz CT molecular complexity index is 1280. The minimum atomic E-state index is -0.912. The van der Waals surface area contributed by atoms with Crippen molar-refractivity contribution >= 4 is 57.4 Å². The largest absolute Gasteiger partial charge is 0.465 e. The number of aryl methyl sites for hydroxylation is 1. The number of nitrogens with two attached hydrogens (primary N) is 1. The summed E-state index contributed by atoms with van der Waals surface area (Å²) in [4.78, 5) is 41.0. The lowest BCUT2D eigenvalue weighted by atomic mass is 10.1. The topological polar surface area (TPSA) is 135 Å². The van der Waals surface area contributed by atoms with Crippen molar-refractivity contribution in [2.45, 2.75) is 26.9 Å². The molecule has 0 aliphatic carbocycles. The van der Waals surface area contributed by atoms with E-state index in [0.717, 1.165) is 20.4 Å². The van der Waals surface area contributed by atoms with Crippen molar-refractivity contribution < 1.29 is 9.90 Å². The van der Waals surface area contributed by atoms with Crippen molar-refractivity contribution in [3.63, 3.8) is 0 Å². The quantitative estimate of drug-likeness (QED) is 0.341. The zero-order valence-electron chi connectivity index (χ0n) is 18.3. The third-order valence-corrected chi connectivity index (χ3v) is 7.86. The van der Waals surface area contributed by atoms with Gasteiger partial charge in [0.1, 0.15) is 5.52 Å². The summed E-state index contributed by atoms with van der Waals surface area (Å²) >= 11 is 8.68. The Morgan fingerprint density at radius 3 is 2.55 bits per heavy atom. The molecule has 1 saturated heterocycles. The van der Waals surface area contributed by atoms with Crippen LogP contribution in [0.25, 0.3) is 11.2 Å². The van der Waals surface area contributed by atoms with Crippen LogP contribution < -0.4 is 11.4 Å². The van der Waals surface area contributed by atoms with E-state index in [0.29, 0.717) is 50.4 Å². The van der Waals surface area contributed by atoms with Gasteiger partial charge in [-0.1, -0.05) is 11.6 Å². The fourth-order valence-corrected chi connectivity index (χ4v) is 4.72. The van der Waals surface area contributed by atoms with E-state index in [9.17, 15) is 9.59 Å². The Kier molecular flexibility index (Phi) is 6.77. The molecule has 1 aliphatic heterocycles. The van der Waals surface area contributed by atoms with Crippen LogP contribution in [-0.4, -0.2) is 77.8 Å². The van der Waals surface area contributed by atoms with Gasteiger partial charge in [0.15, 0.2) is 10.8 Å². The summed E-state index contributed by atoms with van der Waals surface area (Å²) in [6.07, 6.45) is 0.881. The highest BCUT2D eigenvalue weighted by molar-refractivity contribution is 14.1. The van der Waals surface area contributed by atoms with Gasteiger partial charge in [-0.3, -0.25) is 19.0 Å². The monoisotopic (exact) mass is 586 g/mol. The van der Waals surface area contributed by atoms with E-state index in [1.54, 1.807) is 10.8 Å². The Morgan fingerprint density at radius 1 is 1.18 bits per heavy atom. The predicted octanol–water partition coefficient (Wildman–Crippen LogP) is 1.79. The fraction of sp³-hybridized carbons (Fsp3) is 0.450. The Balaban J connectivity index is 1.67. The molecular weight excluding hydrogens is 563 g/mol. The molecule has 1 aliphatic rings. The summed E-state index contributed by atoms with van der Waals surface area (Å²) < 4.78 is 4.19. The van der Waals surface area contributed by atoms with Crippen LogP contribution in [0.2, 0.25) is 5.15 Å². The lowest BCUT2D eigenvalue weighted by Crippen LogP contribution is -2.49. The van der Waals surface area contributed by atoms with Gasteiger partial charge in [0.25, 0.3) is 0 Å². The number of pyridine rings is 1. The number of nitrogen functional groups attached to an aromatic ring is 1. The summed E-state index contributed by atoms with van der Waals surface area (Å²) in [6, 6.07) is 0. The number of piperazine rings is 1. The maximum Gasteiger partial charge on any atom is 0.407 e. The molecule has 176 valence electrons. The van der Waals surface area contributed by atoms with E-state index in [4.69, 9.17) is 22.4 Å². The highest BCUT2D eigenvalue weighted by Gasteiger charge is 2.23. The van der Waals surface area contributed by atoms with E-state index in [2.05, 4.69) is 42.4 Å². The predicted molar refractivity (Wildman–Crippen MR) is 133 cm³/mol. The summed E-state index contributed by atoms with van der Waals surface area (Å²) in [7, 11) is 0. The molecule has 1 fully saturated rings. The second-order valence-corrected chi connectivity index (χ2v) is 9.44. The van der Waals surface area contributed by atoms with Crippen LogP contribution in [0.15, 0.2) is 11.0 Å². The molecular formula is C20H24ClIN8O3. The summed E-state index contributed by atoms with van der Waals surface area (Å²) in [5, 5.41) is 9.25. The molecule has 0 radical (unpaired) electrons. The molecule has 0 aromatic carbocycles. The van der Waals surface area contributed by atoms with Crippen LogP contribution in [0.5, 0.6) is 0 Å². The van der Waals surface area contributed by atoms with Crippen molar-refractivity contribution in [1.82, 2.24) is 33.9 Å². The van der Waals surface area contributed by atoms with Gasteiger partial charge in [0, 0.05) is 49.0 Å². The number of carboxylic acid groups (broad SMARTS) is 1. The van der Waals surface area contributed by atoms with Gasteiger partial charge in [-0.05, 0) is 47.6 Å². The molecule has 1 amide bonds. The zero-order valence-corrected chi connectivity index (χ0v) is 21.2. The number of amides is 1. The number of fused-ring (bicyclic) bond motifs is 1. The zero-order chi connectivity index (χ0) is 23.9. The van der Waals surface area contributed by atoms with Crippen LogP contribution in [0.3, 0.4) is 0 Å². The fourth-order valence-electron chi connectivity index (χ4n) is 4.00. The molecule has 13 heteroatoms. The summed E-state index contributed by atoms with van der Waals surface area (Å²) in [5.41, 5.74) is 9.21. The smallest absolute Gasteiger partial charge is 0.407 e. The SMILES string of the molecule is Cc1cnc(Cn2c(=O)n(CCN3CCN(C(=O)O)CC3)c3c(Cl)nc(N)nc32)c(C)c1I. The minimum absolute atomic E-state index is 0.00800. The first-order chi connectivity index (χ1) is 15.7. The van der Waals surface area contributed by atoms with E-state index in [-0.39, 0.29) is 23.3 Å². The number of nitrogens with zero attached hydrogens (tertiary/aromatic N) is 7. The molecule has 33 heavy (non-hydrogen) atoms. The minimum Gasteiger partial charge on any atom is -0.465 e. The maximum atomic E-state index is 13.5. The van der Waals surface area contributed by atoms with E-state index < -0.39 is 6.09 Å². The first-order valence-electron chi connectivity index (χ1n) is 10.4. The highest BCUT2D eigenvalue weighted by Crippen LogP contribution is 2.23. The van der Waals surface area contributed by atoms with Crippen molar-refractivity contribution in [3.8, 4) is 0 Å². The molecule has 0 unspecified atom stereocenters. The molecule has 0 spiro atoms. The Labute approximate surface area is 208 Å². The van der Waals surface area contributed by atoms with Crippen LogP contribution in [0.4, 0.5) is 10.7 Å². The number of rotatable bonds is 5. The first-order valence-corrected chi connectivity index (χ1v) is 11.9. The average Bonchev–Trinajstić information content (AvgIpc) is 3.03. The molecule has 3 aromatic heterocycles. The molecule has 3 aromatic rings. The number of halogens is 2. The molecule has 11 nitrogen and oxygen atoms in total. The van der Waals surface area contributed by atoms with Gasteiger partial charge in [-0.15, -0.1) is 0 Å². The first kappa shape index (κ1) is 23.7. The Hall–Kier alpha value is -2.45. The van der Waals surface area contributed by atoms with Gasteiger partial charge < -0.3 is 15.7 Å². The third-order valence-electron chi connectivity index (χ3n) is 5.94. The molecule has 0 saturated carbocycles. The maximum absolute atomic E-state index is 13.5. The average molecular weight is 587 g/mol. The lowest BCUT2D eigenvalue weighted by Gasteiger charge is -2.33. The number of aromatic nitrogens is 5. The van der Waals surface area contributed by atoms with Crippen molar-refractivity contribution in [2.75, 3.05) is 38.5 Å². The van der Waals surface area contributed by atoms with Gasteiger partial charge in [0.2, 0.25) is 5.95 Å². The van der Waals surface area contributed by atoms with Crippen molar-refractivity contribution in [3.05, 3.63) is 42.2 Å². The number of carbonyl (C=O) groups is 1. The number of imidazole rings is 1. The summed E-state index contributed by atoms with van der Waals surface area (Å²) in [6.45, 7) is 7.19. The van der Waals surface area contributed by atoms with E-state index in [1.807, 2.05) is 13.8 Å². The summed E-state index contributed by atoms with van der Waals surface area (Å²) in [5.74, 6) is -0.00800. The van der Waals surface area contributed by atoms with Crippen LogP contribution in [0, 0.1) is 17.4 Å². The van der Waals surface area contributed by atoms with Crippen LogP contribution in [0.1, 0.15) is 16.8 Å². The van der Waals surface area contributed by atoms with E-state index in [1.165, 1.54) is 9.47 Å². The van der Waals surface area contributed by atoms with Crippen LogP contribution in [-0.2, 0) is 13.1 Å². The second kappa shape index (κ2) is 9.43. The molecule has 0 bridgehead atoms. The Morgan fingerprint density at radius 2 is 1.88 bits per heavy atom. The van der Waals surface area contributed by atoms with Crippen LogP contribution >= 0.6 is 34.2 Å². The van der Waals surface area contributed by atoms with Crippen molar-refractivity contribution in [1.29, 1.82) is 0 Å². The van der Waals surface area contributed by atoms with Gasteiger partial charge in [0.05, 0.1) is 12.2 Å². The standard InChI is InChI=1S/C20H24ClIN8O3/c1-11-9-24-13(12(2)14(11)22)10-30-17-15(16(21)25-18(23)26-17)29(19(30)31)8-5-27-3-6-28(7-4-27)20(32)33/h9H,3-8,10H2,1-2H3,(H,32,33)(H2,23,25,26). The second-order valence-electron chi connectivity index (χ2n) is 8.00. The lowest BCUT2D eigenvalue weighted by molar-refractivity contribution is 0.104. The van der Waals surface area contributed by atoms with Gasteiger partial charge in [-0.25, -0.2) is 9.59 Å². The molecule has 0 atom stereocenters. The van der Waals surface area contributed by atoms with E-state index >= 15 is 0 Å². The number of hydrogen-bond acceptors (Lipinski definition) is 7. The van der Waals surface area contributed by atoms with Gasteiger partial charge >= 0.3 is 11.8 Å². The highest BCUT2D eigenvalue weighted by atomic mass is 127. The molecule has 4 rings (SSSR count). The number of hydrogen-bond donors (Lipinski definition) is 2. The number of anilines is 1. The van der Waals surface area contributed by atoms with Crippen molar-refractivity contribution in [2.24, 2.45) is 0 Å². The normalized spacial score (nSPS) is 14.8. The van der Waals surface area contributed by atoms with Gasteiger partial charge in [-0.2, -0.15) is 9.97 Å².